The molecule has 184 valence electrons. The van der Waals surface area contributed by atoms with Gasteiger partial charge in [0.25, 0.3) is 11.1 Å². The fraction of sp³-hybridized carbons (Fsp3) is 0.154. The molecular formula is C26H22N2O7S. The number of nitro benzene ring substituents is 1. The standard InChI is InChI=1S/C26H22N2O7S/c1-34-21-9-5-6-10-22(21)35-12-11-27-25(30)23(36-26(27)31)16-19-14-18(13-17-7-3-2-4-8-17)15-20(24(19)29)28(32)33/h2-10,14-16,29H,11-13H2,1H3/b23-16-. The summed E-state index contributed by atoms with van der Waals surface area (Å²) in [5, 5.41) is 21.5. The van der Waals surface area contributed by atoms with Crippen LogP contribution in [-0.4, -0.2) is 46.3 Å². The molecule has 0 unspecified atom stereocenters. The summed E-state index contributed by atoms with van der Waals surface area (Å²) >= 11 is 0.701. The van der Waals surface area contributed by atoms with E-state index in [4.69, 9.17) is 9.47 Å². The number of nitrogens with zero attached hydrogens (tertiary/aromatic N) is 2. The smallest absolute Gasteiger partial charge is 0.311 e. The largest absolute Gasteiger partial charge is 0.502 e. The normalized spacial score (nSPS) is 14.4. The number of phenolic OH excluding ortho intramolecular Hbond substituents is 1. The molecule has 2 amide bonds. The molecular weight excluding hydrogens is 484 g/mol. The molecule has 3 aromatic carbocycles. The Balaban J connectivity index is 1.54. The molecule has 1 N–H and O–H groups in total. The van der Waals surface area contributed by atoms with Crippen molar-refractivity contribution in [1.82, 2.24) is 4.90 Å². The fourth-order valence-electron chi connectivity index (χ4n) is 3.70. The quantitative estimate of drug-likeness (QED) is 0.244. The maximum absolute atomic E-state index is 12.9. The molecule has 4 rings (SSSR count). The minimum absolute atomic E-state index is 0.000230. The van der Waals surface area contributed by atoms with Gasteiger partial charge in [-0.3, -0.25) is 24.6 Å². The van der Waals surface area contributed by atoms with E-state index < -0.39 is 27.5 Å². The molecule has 36 heavy (non-hydrogen) atoms. The third-order valence-corrected chi connectivity index (χ3v) is 6.34. The highest BCUT2D eigenvalue weighted by Crippen LogP contribution is 2.38. The van der Waals surface area contributed by atoms with Gasteiger partial charge in [0.05, 0.1) is 23.5 Å². The molecule has 10 heteroatoms. The van der Waals surface area contributed by atoms with Gasteiger partial charge in [-0.15, -0.1) is 0 Å². The van der Waals surface area contributed by atoms with Crippen LogP contribution in [0.15, 0.2) is 71.6 Å². The summed E-state index contributed by atoms with van der Waals surface area (Å²) < 4.78 is 10.9. The number of imide groups is 1. The van der Waals surface area contributed by atoms with Gasteiger partial charge in [-0.1, -0.05) is 42.5 Å². The van der Waals surface area contributed by atoms with Crippen molar-refractivity contribution in [3.63, 3.8) is 0 Å². The number of rotatable bonds is 9. The van der Waals surface area contributed by atoms with Gasteiger partial charge in [-0.2, -0.15) is 0 Å². The summed E-state index contributed by atoms with van der Waals surface area (Å²) in [5.41, 5.74) is 1.13. The number of para-hydroxylation sites is 2. The molecule has 1 fully saturated rings. The summed E-state index contributed by atoms with van der Waals surface area (Å²) in [6.45, 7) is 0.0508. The van der Waals surface area contributed by atoms with E-state index in [2.05, 4.69) is 0 Å². The second kappa shape index (κ2) is 11.0. The summed E-state index contributed by atoms with van der Waals surface area (Å²) in [6, 6.07) is 19.3. The maximum Gasteiger partial charge on any atom is 0.311 e. The fourth-order valence-corrected chi connectivity index (χ4v) is 4.56. The molecule has 9 nitrogen and oxygen atoms in total. The number of thioether (sulfide) groups is 1. The van der Waals surface area contributed by atoms with Crippen molar-refractivity contribution in [2.45, 2.75) is 6.42 Å². The lowest BCUT2D eigenvalue weighted by atomic mass is 10.0. The van der Waals surface area contributed by atoms with Crippen LogP contribution in [0.4, 0.5) is 10.5 Å². The molecule has 3 aromatic rings. The molecule has 0 saturated carbocycles. The second-order valence-corrected chi connectivity index (χ2v) is 8.80. The van der Waals surface area contributed by atoms with E-state index in [0.29, 0.717) is 35.2 Å². The SMILES string of the molecule is COc1ccccc1OCCN1C(=O)S/C(=C\c2cc(Cc3ccccc3)cc([N+](=O)[O-])c2O)C1=O. The van der Waals surface area contributed by atoms with Gasteiger partial charge in [0.2, 0.25) is 5.75 Å². The first kappa shape index (κ1) is 24.8. The molecule has 1 heterocycles. The zero-order valence-corrected chi connectivity index (χ0v) is 20.1. The van der Waals surface area contributed by atoms with Crippen molar-refractivity contribution in [1.29, 1.82) is 0 Å². The minimum atomic E-state index is -0.678. The maximum atomic E-state index is 12.9. The van der Waals surface area contributed by atoms with Crippen molar-refractivity contribution in [2.75, 3.05) is 20.3 Å². The number of benzene rings is 3. The van der Waals surface area contributed by atoms with Gasteiger partial charge in [-0.05, 0) is 53.6 Å². The molecule has 1 aliphatic heterocycles. The lowest BCUT2D eigenvalue weighted by molar-refractivity contribution is -0.385. The van der Waals surface area contributed by atoms with Crippen LogP contribution in [0.25, 0.3) is 6.08 Å². The van der Waals surface area contributed by atoms with Crippen LogP contribution in [0.1, 0.15) is 16.7 Å². The highest BCUT2D eigenvalue weighted by Gasteiger charge is 2.35. The van der Waals surface area contributed by atoms with Crippen molar-refractivity contribution < 1.29 is 29.1 Å². The first-order valence-corrected chi connectivity index (χ1v) is 11.7. The van der Waals surface area contributed by atoms with E-state index >= 15 is 0 Å². The van der Waals surface area contributed by atoms with Gasteiger partial charge in [-0.25, -0.2) is 0 Å². The molecule has 0 bridgehead atoms. The Labute approximate surface area is 211 Å². The van der Waals surface area contributed by atoms with E-state index in [9.17, 15) is 24.8 Å². The van der Waals surface area contributed by atoms with E-state index in [0.717, 1.165) is 10.5 Å². The molecule has 0 aliphatic carbocycles. The Morgan fingerprint density at radius 1 is 1.03 bits per heavy atom. The average molecular weight is 507 g/mol. The topological polar surface area (TPSA) is 119 Å². The van der Waals surface area contributed by atoms with E-state index in [1.54, 1.807) is 30.3 Å². The van der Waals surface area contributed by atoms with Crippen molar-refractivity contribution in [3.05, 3.63) is 98.4 Å². The first-order valence-electron chi connectivity index (χ1n) is 10.9. The van der Waals surface area contributed by atoms with Crippen LogP contribution >= 0.6 is 11.8 Å². The van der Waals surface area contributed by atoms with E-state index in [1.807, 2.05) is 30.3 Å². The van der Waals surface area contributed by atoms with Gasteiger partial charge >= 0.3 is 5.69 Å². The highest BCUT2D eigenvalue weighted by molar-refractivity contribution is 8.18. The third kappa shape index (κ3) is 5.49. The molecule has 1 saturated heterocycles. The summed E-state index contributed by atoms with van der Waals surface area (Å²) in [4.78, 5) is 37.3. The van der Waals surface area contributed by atoms with Crippen molar-refractivity contribution in [2.24, 2.45) is 0 Å². The number of aromatic hydroxyl groups is 1. The van der Waals surface area contributed by atoms with Crippen LogP contribution in [-0.2, 0) is 11.2 Å². The van der Waals surface area contributed by atoms with E-state index in [1.165, 1.54) is 19.3 Å². The minimum Gasteiger partial charge on any atom is -0.502 e. The molecule has 1 aliphatic rings. The van der Waals surface area contributed by atoms with Gasteiger partial charge < -0.3 is 14.6 Å². The summed E-state index contributed by atoms with van der Waals surface area (Å²) in [7, 11) is 1.51. The average Bonchev–Trinajstić information content (AvgIpc) is 3.14. The Morgan fingerprint density at radius 2 is 1.72 bits per heavy atom. The molecule has 0 atom stereocenters. The van der Waals surface area contributed by atoms with Gasteiger partial charge in [0.15, 0.2) is 11.5 Å². The Hall–Kier alpha value is -4.31. The first-order chi connectivity index (χ1) is 17.4. The van der Waals surface area contributed by atoms with Crippen LogP contribution in [0.3, 0.4) is 0 Å². The number of amides is 2. The predicted molar refractivity (Wildman–Crippen MR) is 135 cm³/mol. The zero-order valence-electron chi connectivity index (χ0n) is 19.2. The number of carbonyl (C=O) groups excluding carboxylic acids is 2. The lowest BCUT2D eigenvalue weighted by Gasteiger charge is -2.14. The predicted octanol–water partition coefficient (Wildman–Crippen LogP) is 5.02. The van der Waals surface area contributed by atoms with Crippen LogP contribution in [0.5, 0.6) is 17.2 Å². The molecule has 0 aromatic heterocycles. The number of ether oxygens (including phenoxy) is 2. The van der Waals surface area contributed by atoms with Gasteiger partial charge in [0.1, 0.15) is 6.61 Å². The number of phenols is 1. The Bertz CT molecular complexity index is 1340. The lowest BCUT2D eigenvalue weighted by Crippen LogP contribution is -2.32. The van der Waals surface area contributed by atoms with Crippen LogP contribution < -0.4 is 9.47 Å². The monoisotopic (exact) mass is 506 g/mol. The van der Waals surface area contributed by atoms with Gasteiger partial charge in [0, 0.05) is 11.6 Å². The second-order valence-electron chi connectivity index (χ2n) is 7.80. The number of hydrogen-bond donors (Lipinski definition) is 1. The third-order valence-electron chi connectivity index (χ3n) is 5.43. The Morgan fingerprint density at radius 3 is 2.42 bits per heavy atom. The number of hydrogen-bond acceptors (Lipinski definition) is 8. The summed E-state index contributed by atoms with van der Waals surface area (Å²) in [5.74, 6) is -0.124. The van der Waals surface area contributed by atoms with Crippen molar-refractivity contribution in [3.8, 4) is 17.2 Å². The van der Waals surface area contributed by atoms with Crippen molar-refractivity contribution >= 4 is 34.7 Å². The molecule has 0 spiro atoms. The summed E-state index contributed by atoms with van der Waals surface area (Å²) in [6.07, 6.45) is 1.70. The highest BCUT2D eigenvalue weighted by atomic mass is 32.2. The van der Waals surface area contributed by atoms with Crippen LogP contribution in [0.2, 0.25) is 0 Å². The Kier molecular flexibility index (Phi) is 7.55. The zero-order chi connectivity index (χ0) is 25.7. The van der Waals surface area contributed by atoms with Crippen LogP contribution in [0, 0.1) is 10.1 Å². The number of methoxy groups -OCH3 is 1. The number of carbonyl (C=O) groups is 2. The molecule has 0 radical (unpaired) electrons. The van der Waals surface area contributed by atoms with E-state index in [-0.39, 0.29) is 23.6 Å². The number of nitro groups is 1.